The zero-order valence-corrected chi connectivity index (χ0v) is 15.7. The van der Waals surface area contributed by atoms with Gasteiger partial charge < -0.3 is 14.8 Å². The van der Waals surface area contributed by atoms with Crippen LogP contribution in [0.3, 0.4) is 0 Å². The molecule has 0 aliphatic rings. The summed E-state index contributed by atoms with van der Waals surface area (Å²) in [4.78, 5) is 30.3. The Morgan fingerprint density at radius 2 is 1.96 bits per heavy atom. The molecule has 0 bridgehead atoms. The monoisotopic (exact) mass is 399 g/mol. The van der Waals surface area contributed by atoms with Gasteiger partial charge in [-0.25, -0.2) is 4.98 Å². The normalized spacial score (nSPS) is 10.3. The number of hydrogen-bond donors (Lipinski definition) is 3. The van der Waals surface area contributed by atoms with Gasteiger partial charge in [-0.1, -0.05) is 0 Å². The number of carbonyl (C=O) groups is 1. The zero-order chi connectivity index (χ0) is 19.9. The molecule has 0 aliphatic heterocycles. The van der Waals surface area contributed by atoms with Crippen LogP contribution in [0.15, 0.2) is 47.4 Å². The number of benzene rings is 1. The summed E-state index contributed by atoms with van der Waals surface area (Å²) < 4.78 is 11.1. The Labute approximate surface area is 164 Å². The summed E-state index contributed by atoms with van der Waals surface area (Å²) in [5.41, 5.74) is -0.214. The van der Waals surface area contributed by atoms with Crippen molar-refractivity contribution < 1.29 is 14.3 Å². The van der Waals surface area contributed by atoms with Gasteiger partial charge in [-0.2, -0.15) is 5.10 Å². The first-order valence-electron chi connectivity index (χ1n) is 8.38. The summed E-state index contributed by atoms with van der Waals surface area (Å²) in [5, 5.41) is 8.64. The number of carbonyl (C=O) groups excluding carboxylic acids is 1. The van der Waals surface area contributed by atoms with E-state index in [2.05, 4.69) is 25.5 Å². The molecule has 2 heterocycles. The maximum absolute atomic E-state index is 12.1. The highest BCUT2D eigenvalue weighted by atomic mass is 32.1. The van der Waals surface area contributed by atoms with Crippen molar-refractivity contribution in [2.24, 2.45) is 0 Å². The average Bonchev–Trinajstić information content (AvgIpc) is 2.68. The molecule has 0 atom stereocenters. The highest BCUT2D eigenvalue weighted by molar-refractivity contribution is 7.71. The number of aromatic nitrogens is 4. The number of nitrogens with zero attached hydrogens (tertiary/aromatic N) is 2. The van der Waals surface area contributed by atoms with Crippen molar-refractivity contribution in [2.45, 2.75) is 13.5 Å². The predicted octanol–water partition coefficient (Wildman–Crippen LogP) is 2.34. The third-order valence-corrected chi connectivity index (χ3v) is 3.73. The summed E-state index contributed by atoms with van der Waals surface area (Å²) in [6.07, 6.45) is 1.57. The Morgan fingerprint density at radius 1 is 1.21 bits per heavy atom. The molecule has 144 valence electrons. The molecule has 0 radical (unpaired) electrons. The molecule has 0 saturated heterocycles. The maximum atomic E-state index is 12.1. The molecule has 1 aromatic carbocycles. The van der Waals surface area contributed by atoms with E-state index >= 15 is 0 Å². The molecule has 0 saturated carbocycles. The molecule has 2 aromatic heterocycles. The molecule has 3 aromatic rings. The van der Waals surface area contributed by atoms with Gasteiger partial charge in [0.2, 0.25) is 11.6 Å². The molecule has 0 fully saturated rings. The lowest BCUT2D eigenvalue weighted by Gasteiger charge is -2.08. The van der Waals surface area contributed by atoms with Crippen LogP contribution in [0.5, 0.6) is 17.4 Å². The first kappa shape index (κ1) is 19.2. The van der Waals surface area contributed by atoms with Crippen LogP contribution >= 0.6 is 12.2 Å². The molecule has 1 amide bonds. The lowest BCUT2D eigenvalue weighted by atomic mass is 10.2. The van der Waals surface area contributed by atoms with Crippen LogP contribution in [-0.2, 0) is 6.54 Å². The molecular weight excluding hydrogens is 382 g/mol. The Balaban J connectivity index is 1.63. The average molecular weight is 399 g/mol. The van der Waals surface area contributed by atoms with E-state index in [4.69, 9.17) is 21.7 Å². The van der Waals surface area contributed by atoms with Gasteiger partial charge in [0.05, 0.1) is 6.61 Å². The number of H-pyrrole nitrogens is 2. The van der Waals surface area contributed by atoms with E-state index in [1.54, 1.807) is 42.6 Å². The lowest BCUT2D eigenvalue weighted by molar-refractivity contribution is 0.0943. The maximum Gasteiger partial charge on any atom is 0.283 e. The van der Waals surface area contributed by atoms with Crippen molar-refractivity contribution in [2.75, 3.05) is 6.61 Å². The van der Waals surface area contributed by atoms with Crippen LogP contribution in [-0.4, -0.2) is 32.7 Å². The van der Waals surface area contributed by atoms with Crippen LogP contribution in [0.25, 0.3) is 0 Å². The van der Waals surface area contributed by atoms with E-state index in [0.717, 1.165) is 11.3 Å². The highest BCUT2D eigenvalue weighted by Crippen LogP contribution is 2.23. The summed E-state index contributed by atoms with van der Waals surface area (Å²) >= 11 is 4.74. The van der Waals surface area contributed by atoms with Crippen LogP contribution in [0.4, 0.5) is 0 Å². The third kappa shape index (κ3) is 5.01. The summed E-state index contributed by atoms with van der Waals surface area (Å²) in [6, 6.07) is 10.6. The van der Waals surface area contributed by atoms with Crippen LogP contribution < -0.4 is 20.3 Å². The Kier molecular flexibility index (Phi) is 6.12. The van der Waals surface area contributed by atoms with Gasteiger partial charge in [0, 0.05) is 18.8 Å². The third-order valence-electron chi connectivity index (χ3n) is 3.54. The summed E-state index contributed by atoms with van der Waals surface area (Å²) in [5.74, 6) is 1.10. The minimum Gasteiger partial charge on any atom is -0.494 e. The van der Waals surface area contributed by atoms with Gasteiger partial charge in [-0.15, -0.1) is 0 Å². The van der Waals surface area contributed by atoms with Crippen molar-refractivity contribution in [3.63, 3.8) is 0 Å². The van der Waals surface area contributed by atoms with Crippen molar-refractivity contribution in [3.05, 3.63) is 69.0 Å². The molecule has 0 unspecified atom stereocenters. The second-order valence-electron chi connectivity index (χ2n) is 5.55. The number of nitrogens with one attached hydrogen (secondary N) is 3. The van der Waals surface area contributed by atoms with Gasteiger partial charge in [0.25, 0.3) is 11.5 Å². The number of rotatable bonds is 7. The van der Waals surface area contributed by atoms with E-state index in [-0.39, 0.29) is 17.0 Å². The molecule has 9 nitrogen and oxygen atoms in total. The quantitative estimate of drug-likeness (QED) is 0.521. The molecule has 28 heavy (non-hydrogen) atoms. The van der Waals surface area contributed by atoms with E-state index in [9.17, 15) is 9.59 Å². The first-order valence-corrected chi connectivity index (χ1v) is 8.79. The number of pyridine rings is 1. The molecular formula is C18H17N5O4S. The Morgan fingerprint density at radius 3 is 2.68 bits per heavy atom. The second kappa shape index (κ2) is 8.91. The molecule has 3 rings (SSSR count). The molecule has 0 aliphatic carbocycles. The van der Waals surface area contributed by atoms with Gasteiger partial charge in [-0.3, -0.25) is 19.7 Å². The molecule has 3 N–H and O–H groups in total. The van der Waals surface area contributed by atoms with Gasteiger partial charge in [0.1, 0.15) is 11.5 Å². The number of aromatic amines is 2. The van der Waals surface area contributed by atoms with E-state index in [0.29, 0.717) is 18.2 Å². The first-order chi connectivity index (χ1) is 13.5. The minimum absolute atomic E-state index is 0.0479. The van der Waals surface area contributed by atoms with E-state index < -0.39 is 11.5 Å². The zero-order valence-electron chi connectivity index (χ0n) is 14.9. The topological polar surface area (TPSA) is 122 Å². The molecule has 10 heteroatoms. The highest BCUT2D eigenvalue weighted by Gasteiger charge is 2.12. The van der Waals surface area contributed by atoms with E-state index in [1.807, 2.05) is 6.92 Å². The Bertz CT molecular complexity index is 1080. The fourth-order valence-electron chi connectivity index (χ4n) is 2.28. The second-order valence-corrected chi connectivity index (χ2v) is 5.96. The fraction of sp³-hybridized carbons (Fsp3) is 0.167. The number of hydrogen-bond acceptors (Lipinski definition) is 7. The minimum atomic E-state index is -0.657. The largest absolute Gasteiger partial charge is 0.494 e. The molecule has 0 spiro atoms. The van der Waals surface area contributed by atoms with Crippen LogP contribution in [0.2, 0.25) is 0 Å². The predicted molar refractivity (Wildman–Crippen MR) is 103 cm³/mol. The van der Waals surface area contributed by atoms with Crippen LogP contribution in [0.1, 0.15) is 23.0 Å². The number of amides is 1. The lowest BCUT2D eigenvalue weighted by Crippen LogP contribution is -2.31. The number of ether oxygens (including phenoxy) is 2. The van der Waals surface area contributed by atoms with E-state index in [1.165, 1.54) is 0 Å². The van der Waals surface area contributed by atoms with Gasteiger partial charge in [0.15, 0.2) is 4.77 Å². The van der Waals surface area contributed by atoms with Crippen molar-refractivity contribution in [1.82, 2.24) is 25.5 Å². The van der Waals surface area contributed by atoms with Crippen molar-refractivity contribution in [3.8, 4) is 17.4 Å². The Hall–Kier alpha value is -3.53. The van der Waals surface area contributed by atoms with Crippen molar-refractivity contribution >= 4 is 18.1 Å². The van der Waals surface area contributed by atoms with Crippen LogP contribution in [0, 0.1) is 4.77 Å². The van der Waals surface area contributed by atoms with Gasteiger partial charge >= 0.3 is 0 Å². The van der Waals surface area contributed by atoms with Gasteiger partial charge in [-0.05, 0) is 55.0 Å². The SMILES string of the molecule is CCOc1ccc(Oc2cc(CNC(=O)c3n[nH]c(=S)[nH]c3=O)ccn2)cc1. The summed E-state index contributed by atoms with van der Waals surface area (Å²) in [7, 11) is 0. The smallest absolute Gasteiger partial charge is 0.283 e. The fourth-order valence-corrected chi connectivity index (χ4v) is 2.41. The van der Waals surface area contributed by atoms with Crippen molar-refractivity contribution in [1.29, 1.82) is 0 Å². The standard InChI is InChI=1S/C18H17N5O4S/c1-2-26-12-3-5-13(6-4-12)27-14-9-11(7-8-19-14)10-20-16(24)15-17(25)21-18(28)23-22-15/h3-9H,2,10H2,1H3,(H,20,24)(H2,21,23,25,28). The summed E-state index contributed by atoms with van der Waals surface area (Å²) in [6.45, 7) is 2.67.